The third kappa shape index (κ3) is 5.70. The Balaban J connectivity index is 1.44. The first kappa shape index (κ1) is 24.5. The number of halogens is 3. The summed E-state index contributed by atoms with van der Waals surface area (Å²) >= 11 is 0. The minimum Gasteiger partial charge on any atom is -0.491 e. The molecule has 0 amide bonds. The summed E-state index contributed by atoms with van der Waals surface area (Å²) in [4.78, 5) is 8.39. The first-order valence-electron chi connectivity index (χ1n) is 11.8. The third-order valence-corrected chi connectivity index (χ3v) is 5.85. The van der Waals surface area contributed by atoms with Crippen LogP contribution in [0.2, 0.25) is 0 Å². The molecule has 180 valence electrons. The van der Waals surface area contributed by atoms with Crippen molar-refractivity contribution in [3.05, 3.63) is 101 Å². The van der Waals surface area contributed by atoms with Gasteiger partial charge in [-0.1, -0.05) is 49.7 Å². The number of aryl methyl sites for hydroxylation is 3. The summed E-state index contributed by atoms with van der Waals surface area (Å²) in [6, 6.07) is 15.6. The minimum absolute atomic E-state index is 0.0567. The van der Waals surface area contributed by atoms with Crippen molar-refractivity contribution < 1.29 is 17.9 Å². The second kappa shape index (κ2) is 11.2. The Labute approximate surface area is 203 Å². The summed E-state index contributed by atoms with van der Waals surface area (Å²) in [5.74, 6) is -1.80. The first-order valence-corrected chi connectivity index (χ1v) is 11.8. The van der Waals surface area contributed by atoms with Crippen molar-refractivity contribution in [1.82, 2.24) is 9.97 Å². The van der Waals surface area contributed by atoms with Crippen molar-refractivity contribution in [2.75, 3.05) is 6.61 Å². The van der Waals surface area contributed by atoms with Crippen LogP contribution >= 0.6 is 0 Å². The summed E-state index contributed by atoms with van der Waals surface area (Å²) in [6.45, 7) is 4.26. The van der Waals surface area contributed by atoms with Gasteiger partial charge < -0.3 is 4.74 Å². The molecule has 0 radical (unpaired) electrons. The average molecular weight is 477 g/mol. The van der Waals surface area contributed by atoms with Gasteiger partial charge in [0.05, 0.1) is 12.2 Å². The Morgan fingerprint density at radius 3 is 2.09 bits per heavy atom. The monoisotopic (exact) mass is 476 g/mol. The van der Waals surface area contributed by atoms with E-state index >= 15 is 0 Å². The Kier molecular flexibility index (Phi) is 7.80. The van der Waals surface area contributed by atoms with E-state index in [4.69, 9.17) is 4.74 Å². The maximum Gasteiger partial charge on any atom is 0.170 e. The van der Waals surface area contributed by atoms with E-state index in [1.807, 2.05) is 30.3 Å². The van der Waals surface area contributed by atoms with Gasteiger partial charge in [0, 0.05) is 12.4 Å². The zero-order valence-electron chi connectivity index (χ0n) is 19.8. The topological polar surface area (TPSA) is 35.0 Å². The molecule has 3 aromatic carbocycles. The molecule has 0 spiro atoms. The van der Waals surface area contributed by atoms with E-state index in [0.29, 0.717) is 25.0 Å². The predicted octanol–water partition coefficient (Wildman–Crippen LogP) is 7.36. The molecule has 1 heterocycles. The Bertz CT molecular complexity index is 1290. The Hall–Kier alpha value is -3.67. The van der Waals surface area contributed by atoms with Crippen LogP contribution in [0, 0.1) is 17.5 Å². The lowest BCUT2D eigenvalue weighted by atomic mass is 9.99. The van der Waals surface area contributed by atoms with E-state index in [-0.39, 0.29) is 17.1 Å². The highest BCUT2D eigenvalue weighted by atomic mass is 19.2. The summed E-state index contributed by atoms with van der Waals surface area (Å²) in [7, 11) is 0. The zero-order valence-corrected chi connectivity index (χ0v) is 19.8. The lowest BCUT2D eigenvalue weighted by molar-refractivity contribution is 0.321. The summed E-state index contributed by atoms with van der Waals surface area (Å²) in [5.41, 5.74) is 3.90. The van der Waals surface area contributed by atoms with Crippen LogP contribution in [-0.2, 0) is 19.3 Å². The van der Waals surface area contributed by atoms with Gasteiger partial charge in [0.2, 0.25) is 0 Å². The normalized spacial score (nSPS) is 11.0. The number of benzene rings is 3. The van der Waals surface area contributed by atoms with Crippen molar-refractivity contribution in [2.24, 2.45) is 0 Å². The smallest absolute Gasteiger partial charge is 0.170 e. The van der Waals surface area contributed by atoms with Gasteiger partial charge in [0.25, 0.3) is 0 Å². The van der Waals surface area contributed by atoms with Crippen LogP contribution in [0.1, 0.15) is 37.0 Å². The molecule has 1 aromatic heterocycles. The highest BCUT2D eigenvalue weighted by molar-refractivity contribution is 5.64. The highest BCUT2D eigenvalue weighted by Crippen LogP contribution is 2.27. The number of aromatic nitrogens is 2. The zero-order chi connectivity index (χ0) is 24.8. The molecule has 4 rings (SSSR count). The van der Waals surface area contributed by atoms with E-state index in [1.54, 1.807) is 31.5 Å². The van der Waals surface area contributed by atoms with Crippen LogP contribution in [0.25, 0.3) is 22.5 Å². The van der Waals surface area contributed by atoms with Gasteiger partial charge in [0.15, 0.2) is 29.0 Å². The highest BCUT2D eigenvalue weighted by Gasteiger charge is 2.16. The average Bonchev–Trinajstić information content (AvgIpc) is 2.87. The van der Waals surface area contributed by atoms with Crippen LogP contribution in [0.3, 0.4) is 0 Å². The SMILES string of the molecule is CCCc1cnc(-c2ccc(CCc3ccc(-c4ccc(OCC)c(F)c4)cc3)c(F)c2F)nc1. The van der Waals surface area contributed by atoms with Crippen molar-refractivity contribution in [2.45, 2.75) is 39.5 Å². The number of ether oxygens (including phenoxy) is 1. The summed E-state index contributed by atoms with van der Waals surface area (Å²) < 4.78 is 49.0. The Morgan fingerprint density at radius 2 is 1.43 bits per heavy atom. The molecule has 6 heteroatoms. The largest absolute Gasteiger partial charge is 0.491 e. The standard InChI is InChI=1S/C29H27F3N2O/c1-3-5-20-17-33-29(34-18-20)24-14-12-22(27(31)28(24)32)11-8-19-6-9-21(10-7-19)23-13-15-26(35-4-2)25(30)16-23/h6-7,9-10,12-18H,3-5,8,11H2,1-2H3. The van der Waals surface area contributed by atoms with Crippen LogP contribution in [0.4, 0.5) is 13.2 Å². The minimum atomic E-state index is -0.932. The summed E-state index contributed by atoms with van der Waals surface area (Å²) in [6.07, 6.45) is 5.99. The van der Waals surface area contributed by atoms with E-state index in [2.05, 4.69) is 16.9 Å². The van der Waals surface area contributed by atoms with Crippen LogP contribution in [-0.4, -0.2) is 16.6 Å². The van der Waals surface area contributed by atoms with Crippen LogP contribution in [0.5, 0.6) is 5.75 Å². The van der Waals surface area contributed by atoms with E-state index in [0.717, 1.165) is 35.1 Å². The fraction of sp³-hybridized carbons (Fsp3) is 0.241. The molecular weight excluding hydrogens is 449 g/mol. The van der Waals surface area contributed by atoms with Gasteiger partial charge in [-0.25, -0.2) is 23.1 Å². The maximum atomic E-state index is 14.8. The second-order valence-corrected chi connectivity index (χ2v) is 8.34. The maximum absolute atomic E-state index is 14.8. The Morgan fingerprint density at radius 1 is 0.714 bits per heavy atom. The molecule has 0 unspecified atom stereocenters. The lowest BCUT2D eigenvalue weighted by Gasteiger charge is -2.10. The fourth-order valence-electron chi connectivity index (χ4n) is 3.96. The van der Waals surface area contributed by atoms with Gasteiger partial charge in [-0.3, -0.25) is 0 Å². The number of nitrogens with zero attached hydrogens (tertiary/aromatic N) is 2. The van der Waals surface area contributed by atoms with E-state index in [9.17, 15) is 13.2 Å². The molecule has 0 N–H and O–H groups in total. The van der Waals surface area contributed by atoms with Crippen molar-refractivity contribution >= 4 is 0 Å². The molecule has 4 aromatic rings. The van der Waals surface area contributed by atoms with Gasteiger partial charge in [0.1, 0.15) is 0 Å². The van der Waals surface area contributed by atoms with E-state index in [1.165, 1.54) is 12.1 Å². The summed E-state index contributed by atoms with van der Waals surface area (Å²) in [5, 5.41) is 0. The third-order valence-electron chi connectivity index (χ3n) is 5.85. The van der Waals surface area contributed by atoms with Crippen LogP contribution in [0.15, 0.2) is 67.0 Å². The fourth-order valence-corrected chi connectivity index (χ4v) is 3.96. The van der Waals surface area contributed by atoms with Gasteiger partial charge >= 0.3 is 0 Å². The molecule has 0 fully saturated rings. The number of hydrogen-bond acceptors (Lipinski definition) is 3. The predicted molar refractivity (Wildman–Crippen MR) is 132 cm³/mol. The molecule has 0 aliphatic rings. The number of rotatable bonds is 9. The van der Waals surface area contributed by atoms with Crippen molar-refractivity contribution in [1.29, 1.82) is 0 Å². The molecule has 3 nitrogen and oxygen atoms in total. The molecule has 35 heavy (non-hydrogen) atoms. The molecule has 0 aliphatic heterocycles. The van der Waals surface area contributed by atoms with Crippen LogP contribution < -0.4 is 4.74 Å². The quantitative estimate of drug-likeness (QED) is 0.253. The molecular formula is C29H27F3N2O. The number of hydrogen-bond donors (Lipinski definition) is 0. The molecule has 0 atom stereocenters. The molecule has 0 bridgehead atoms. The molecule has 0 aliphatic carbocycles. The van der Waals surface area contributed by atoms with Gasteiger partial charge in [-0.15, -0.1) is 0 Å². The van der Waals surface area contributed by atoms with Crippen molar-refractivity contribution in [3.63, 3.8) is 0 Å². The molecule has 0 saturated heterocycles. The second-order valence-electron chi connectivity index (χ2n) is 8.34. The molecule has 0 saturated carbocycles. The van der Waals surface area contributed by atoms with Gasteiger partial charge in [-0.05, 0) is 72.2 Å². The first-order chi connectivity index (χ1) is 17.0. The van der Waals surface area contributed by atoms with E-state index < -0.39 is 17.5 Å². The van der Waals surface area contributed by atoms with Gasteiger partial charge in [-0.2, -0.15) is 0 Å². The van der Waals surface area contributed by atoms with Crippen molar-refractivity contribution in [3.8, 4) is 28.3 Å². The lowest BCUT2D eigenvalue weighted by Crippen LogP contribution is -2.01.